The van der Waals surface area contributed by atoms with Gasteiger partial charge in [-0.15, -0.1) is 0 Å². The van der Waals surface area contributed by atoms with Crippen LogP contribution in [0.25, 0.3) is 0 Å². The summed E-state index contributed by atoms with van der Waals surface area (Å²) in [6.07, 6.45) is 3.62. The molecule has 108 valence electrons. The molecule has 0 bridgehead atoms. The lowest BCUT2D eigenvalue weighted by molar-refractivity contribution is 0.383. The molecule has 0 radical (unpaired) electrons. The normalized spacial score (nSPS) is 13.9. The summed E-state index contributed by atoms with van der Waals surface area (Å²) in [4.78, 5) is 0. The zero-order valence-electron chi connectivity index (χ0n) is 12.8. The van der Waals surface area contributed by atoms with Crippen LogP contribution in [0.15, 0.2) is 18.2 Å². The van der Waals surface area contributed by atoms with E-state index in [-0.39, 0.29) is 0 Å². The topological polar surface area (TPSA) is 30.5 Å². The molecule has 3 heteroatoms. The third-order valence-corrected chi connectivity index (χ3v) is 3.54. The van der Waals surface area contributed by atoms with Crippen molar-refractivity contribution in [1.29, 1.82) is 0 Å². The van der Waals surface area contributed by atoms with Crippen molar-refractivity contribution in [3.63, 3.8) is 0 Å². The third kappa shape index (κ3) is 4.75. The van der Waals surface area contributed by atoms with Gasteiger partial charge in [0.1, 0.15) is 11.5 Å². The van der Waals surface area contributed by atoms with Gasteiger partial charge < -0.3 is 14.8 Å². The van der Waals surface area contributed by atoms with Crippen LogP contribution in [0.2, 0.25) is 0 Å². The predicted molar refractivity (Wildman–Crippen MR) is 80.0 cm³/mol. The third-order valence-electron chi connectivity index (χ3n) is 3.54. The maximum atomic E-state index is 5.34. The molecule has 0 aliphatic carbocycles. The summed E-state index contributed by atoms with van der Waals surface area (Å²) in [6.45, 7) is 4.55. The molecule has 0 saturated heterocycles. The van der Waals surface area contributed by atoms with Gasteiger partial charge in [-0.25, -0.2) is 0 Å². The maximum Gasteiger partial charge on any atom is 0.122 e. The van der Waals surface area contributed by atoms with Crippen LogP contribution in [0.1, 0.15) is 44.7 Å². The minimum absolute atomic E-state index is 0.338. The number of ether oxygens (including phenoxy) is 2. The smallest absolute Gasteiger partial charge is 0.122 e. The van der Waals surface area contributed by atoms with E-state index in [2.05, 4.69) is 31.3 Å². The Morgan fingerprint density at radius 2 is 1.68 bits per heavy atom. The SMILES string of the molecule is CCCC(C)CC(NC)c1cc(OC)cc(OC)c1. The van der Waals surface area contributed by atoms with E-state index >= 15 is 0 Å². The average molecular weight is 265 g/mol. The molecule has 0 fully saturated rings. The molecule has 0 spiro atoms. The van der Waals surface area contributed by atoms with E-state index in [1.807, 2.05) is 13.1 Å². The monoisotopic (exact) mass is 265 g/mol. The summed E-state index contributed by atoms with van der Waals surface area (Å²) in [6, 6.07) is 6.42. The molecule has 0 saturated carbocycles. The molecule has 3 nitrogen and oxygen atoms in total. The molecule has 1 rings (SSSR count). The molecule has 0 aromatic heterocycles. The summed E-state index contributed by atoms with van der Waals surface area (Å²) in [5.74, 6) is 2.40. The minimum Gasteiger partial charge on any atom is -0.497 e. The molecule has 0 heterocycles. The zero-order chi connectivity index (χ0) is 14.3. The molecule has 0 aliphatic heterocycles. The molecule has 19 heavy (non-hydrogen) atoms. The summed E-state index contributed by atoms with van der Waals surface area (Å²) in [5.41, 5.74) is 1.22. The molecular formula is C16H27NO2. The van der Waals surface area contributed by atoms with Crippen molar-refractivity contribution in [3.05, 3.63) is 23.8 Å². The van der Waals surface area contributed by atoms with Gasteiger partial charge in [0.05, 0.1) is 14.2 Å². The Hall–Kier alpha value is -1.22. The van der Waals surface area contributed by atoms with E-state index in [0.717, 1.165) is 17.9 Å². The van der Waals surface area contributed by atoms with Gasteiger partial charge in [-0.3, -0.25) is 0 Å². The van der Waals surface area contributed by atoms with Crippen molar-refractivity contribution >= 4 is 0 Å². The Kier molecular flexibility index (Phi) is 6.71. The van der Waals surface area contributed by atoms with E-state index in [4.69, 9.17) is 9.47 Å². The molecule has 2 unspecified atom stereocenters. The first-order chi connectivity index (χ1) is 9.14. The summed E-state index contributed by atoms with van der Waals surface area (Å²) in [5, 5.41) is 3.40. The van der Waals surface area contributed by atoms with Crippen LogP contribution in [0.5, 0.6) is 11.5 Å². The van der Waals surface area contributed by atoms with Gasteiger partial charge in [-0.2, -0.15) is 0 Å². The first kappa shape index (κ1) is 15.8. The van der Waals surface area contributed by atoms with Crippen LogP contribution in [0.3, 0.4) is 0 Å². The van der Waals surface area contributed by atoms with Gasteiger partial charge in [-0.05, 0) is 37.1 Å². The molecule has 1 N–H and O–H groups in total. The Bertz CT molecular complexity index is 357. The Morgan fingerprint density at radius 1 is 1.11 bits per heavy atom. The summed E-state index contributed by atoms with van der Waals surface area (Å²) in [7, 11) is 5.38. The van der Waals surface area contributed by atoms with E-state index in [1.54, 1.807) is 14.2 Å². The van der Waals surface area contributed by atoms with Gasteiger partial charge in [-0.1, -0.05) is 26.7 Å². The van der Waals surface area contributed by atoms with Crippen molar-refractivity contribution < 1.29 is 9.47 Å². The maximum absolute atomic E-state index is 5.34. The van der Waals surface area contributed by atoms with Crippen molar-refractivity contribution in [3.8, 4) is 11.5 Å². The minimum atomic E-state index is 0.338. The van der Waals surface area contributed by atoms with Crippen LogP contribution >= 0.6 is 0 Å². The van der Waals surface area contributed by atoms with Gasteiger partial charge >= 0.3 is 0 Å². The van der Waals surface area contributed by atoms with Gasteiger partial charge in [0.25, 0.3) is 0 Å². The van der Waals surface area contributed by atoms with Crippen LogP contribution in [-0.4, -0.2) is 21.3 Å². The number of benzene rings is 1. The Balaban J connectivity index is 2.90. The van der Waals surface area contributed by atoms with E-state index in [9.17, 15) is 0 Å². The lowest BCUT2D eigenvalue weighted by Crippen LogP contribution is -2.19. The molecule has 1 aromatic carbocycles. The molecule has 1 aromatic rings. The Labute approximate surface area is 117 Å². The standard InChI is InChI=1S/C16H27NO2/c1-6-7-12(2)8-16(17-3)13-9-14(18-4)11-15(10-13)19-5/h9-12,16-17H,6-8H2,1-5H3. The Morgan fingerprint density at radius 3 is 2.11 bits per heavy atom. The number of hydrogen-bond donors (Lipinski definition) is 1. The van der Waals surface area contributed by atoms with Gasteiger partial charge in [0.2, 0.25) is 0 Å². The van der Waals surface area contributed by atoms with Crippen molar-refractivity contribution in [2.24, 2.45) is 5.92 Å². The second-order valence-corrected chi connectivity index (χ2v) is 5.12. The van der Waals surface area contributed by atoms with Crippen molar-refractivity contribution in [1.82, 2.24) is 5.32 Å². The van der Waals surface area contributed by atoms with Crippen molar-refractivity contribution in [2.45, 2.75) is 39.2 Å². The molecule has 0 amide bonds. The highest BCUT2D eigenvalue weighted by Crippen LogP contribution is 2.30. The second kappa shape index (κ2) is 8.05. The van der Waals surface area contributed by atoms with Crippen LogP contribution in [-0.2, 0) is 0 Å². The zero-order valence-corrected chi connectivity index (χ0v) is 12.8. The quantitative estimate of drug-likeness (QED) is 0.775. The largest absolute Gasteiger partial charge is 0.497 e. The van der Waals surface area contributed by atoms with Gasteiger partial charge in [0, 0.05) is 12.1 Å². The van der Waals surface area contributed by atoms with Crippen LogP contribution in [0.4, 0.5) is 0 Å². The van der Waals surface area contributed by atoms with Crippen LogP contribution in [0, 0.1) is 5.92 Å². The first-order valence-corrected chi connectivity index (χ1v) is 7.04. The second-order valence-electron chi connectivity index (χ2n) is 5.12. The molecule has 2 atom stereocenters. The lowest BCUT2D eigenvalue weighted by atomic mass is 9.93. The summed E-state index contributed by atoms with van der Waals surface area (Å²) >= 11 is 0. The fraction of sp³-hybridized carbons (Fsp3) is 0.625. The first-order valence-electron chi connectivity index (χ1n) is 7.04. The molecular weight excluding hydrogens is 238 g/mol. The number of hydrogen-bond acceptors (Lipinski definition) is 3. The van der Waals surface area contributed by atoms with E-state index in [1.165, 1.54) is 18.4 Å². The highest BCUT2D eigenvalue weighted by atomic mass is 16.5. The highest BCUT2D eigenvalue weighted by Gasteiger charge is 2.15. The molecule has 0 aliphatic rings. The van der Waals surface area contributed by atoms with Crippen molar-refractivity contribution in [2.75, 3.05) is 21.3 Å². The number of nitrogens with one attached hydrogen (secondary N) is 1. The summed E-state index contributed by atoms with van der Waals surface area (Å²) < 4.78 is 10.7. The number of methoxy groups -OCH3 is 2. The van der Waals surface area contributed by atoms with E-state index in [0.29, 0.717) is 12.0 Å². The lowest BCUT2D eigenvalue weighted by Gasteiger charge is -2.22. The highest BCUT2D eigenvalue weighted by molar-refractivity contribution is 5.39. The average Bonchev–Trinajstić information content (AvgIpc) is 2.44. The van der Waals surface area contributed by atoms with E-state index < -0.39 is 0 Å². The fourth-order valence-corrected chi connectivity index (χ4v) is 2.46. The van der Waals surface area contributed by atoms with Gasteiger partial charge in [0.15, 0.2) is 0 Å². The fourth-order valence-electron chi connectivity index (χ4n) is 2.46. The predicted octanol–water partition coefficient (Wildman–Crippen LogP) is 3.79. The number of rotatable bonds is 8. The van der Waals surface area contributed by atoms with Crippen LogP contribution < -0.4 is 14.8 Å².